The first kappa shape index (κ1) is 51.1. The van der Waals surface area contributed by atoms with E-state index in [9.17, 15) is 39.5 Å². The maximum absolute atomic E-state index is 12.6. The number of aromatic hydroxyl groups is 1. The molecule has 0 aliphatic carbocycles. The minimum absolute atomic E-state index is 0.0206. The first-order chi connectivity index (χ1) is 33.8. The van der Waals surface area contributed by atoms with Crippen LogP contribution in [0.1, 0.15) is 12.8 Å². The third-order valence-electron chi connectivity index (χ3n) is 10.4. The van der Waals surface area contributed by atoms with Crippen LogP contribution in [-0.4, -0.2) is 84.8 Å². The number of hydrogen-bond donors (Lipinski definition) is 5. The average Bonchev–Trinajstić information content (AvgIpc) is 3.33. The van der Waals surface area contributed by atoms with Crippen molar-refractivity contribution in [3.63, 3.8) is 0 Å². The molecule has 7 aromatic carbocycles. The van der Waals surface area contributed by atoms with Crippen LogP contribution in [0.15, 0.2) is 150 Å². The van der Waals surface area contributed by atoms with Gasteiger partial charge in [0.05, 0.1) is 51.4 Å². The van der Waals surface area contributed by atoms with Gasteiger partial charge in [-0.15, -0.1) is 25.6 Å². The van der Waals surface area contributed by atoms with Crippen LogP contribution < -0.4 is 29.0 Å². The fourth-order valence-electron chi connectivity index (χ4n) is 6.96. The fourth-order valence-corrected chi connectivity index (χ4v) is 8.72. The molecule has 71 heavy (non-hydrogen) atoms. The second-order valence-electron chi connectivity index (χ2n) is 15.1. The molecule has 25 heteroatoms. The number of phenols is 1. The molecule has 0 bridgehead atoms. The smallest absolute Gasteiger partial charge is 0.296 e. The molecule has 0 atom stereocenters. The van der Waals surface area contributed by atoms with Crippen LogP contribution in [0.5, 0.6) is 34.5 Å². The van der Waals surface area contributed by atoms with Gasteiger partial charge in [0.15, 0.2) is 5.75 Å². The number of ether oxygens (including phenoxy) is 5. The lowest BCUT2D eigenvalue weighted by atomic mass is 10.1. The van der Waals surface area contributed by atoms with Crippen LogP contribution in [0.25, 0.3) is 21.5 Å². The lowest BCUT2D eigenvalue weighted by molar-refractivity contribution is 0.311. The number of phenolic OH excluding ortho intramolecular Hbond substituents is 1. The standard InChI is InChI=1S/C46H43N7O15S3/c1-64-40-24-36(41(65-2)23-35(40)49-48-31-13-12-27-19-32(70(58,59)60)22-39(34(27)21-31)68-16-8-9-17-69(55,56)57)50-51-37-25-43(67-4)38(26-42(37)66-3)52-53-45-44(71(61,62)63)20-28-18-30(14-15-33(28)46(45)54)47-29-10-6-5-7-11-29/h5-7,10-15,18-26,47,54H,8-9,16-17H2,1-4H3,(H,55,56,57)(H,58,59,60)(H,61,62,63). The fraction of sp³-hybridized carbons (Fsp3) is 0.174. The largest absolute Gasteiger partial charge is 0.505 e. The van der Waals surface area contributed by atoms with Gasteiger partial charge in [-0.3, -0.25) is 13.7 Å². The second kappa shape index (κ2) is 21.5. The van der Waals surface area contributed by atoms with Crippen molar-refractivity contribution in [1.82, 2.24) is 0 Å². The molecule has 5 N–H and O–H groups in total. The summed E-state index contributed by atoms with van der Waals surface area (Å²) in [6, 6.07) is 28.0. The number of anilines is 2. The van der Waals surface area contributed by atoms with E-state index in [0.29, 0.717) is 22.1 Å². The van der Waals surface area contributed by atoms with Crippen molar-refractivity contribution >= 4 is 97.4 Å². The summed E-state index contributed by atoms with van der Waals surface area (Å²) in [7, 11) is -8.26. The highest BCUT2D eigenvalue weighted by atomic mass is 32.2. The van der Waals surface area contributed by atoms with Gasteiger partial charge in [0.2, 0.25) is 0 Å². The van der Waals surface area contributed by atoms with Crippen LogP contribution >= 0.6 is 0 Å². The molecule has 7 rings (SSSR count). The Kier molecular flexibility index (Phi) is 15.4. The van der Waals surface area contributed by atoms with E-state index in [4.69, 9.17) is 28.2 Å². The number of azo groups is 3. The van der Waals surface area contributed by atoms with Crippen molar-refractivity contribution in [2.45, 2.75) is 22.6 Å². The summed E-state index contributed by atoms with van der Waals surface area (Å²) in [5, 5.41) is 41.4. The molecule has 7 aromatic rings. The molecule has 22 nitrogen and oxygen atoms in total. The number of methoxy groups -OCH3 is 4. The van der Waals surface area contributed by atoms with Crippen LogP contribution in [0.4, 0.5) is 45.5 Å². The first-order valence-corrected chi connectivity index (χ1v) is 25.3. The maximum Gasteiger partial charge on any atom is 0.296 e. The molecular weight excluding hydrogens is 987 g/mol. The van der Waals surface area contributed by atoms with E-state index in [1.165, 1.54) is 64.8 Å². The van der Waals surface area contributed by atoms with Crippen molar-refractivity contribution in [3.05, 3.63) is 109 Å². The zero-order valence-corrected chi connectivity index (χ0v) is 40.4. The quantitative estimate of drug-likeness (QED) is 0.0269. The number of hydrogen-bond acceptors (Lipinski definition) is 19. The summed E-state index contributed by atoms with van der Waals surface area (Å²) in [4.78, 5) is -1.13. The van der Waals surface area contributed by atoms with Gasteiger partial charge in [-0.1, -0.05) is 24.3 Å². The Hall–Kier alpha value is -7.81. The Morgan fingerprint density at radius 1 is 0.507 bits per heavy atom. The van der Waals surface area contributed by atoms with Gasteiger partial charge < -0.3 is 34.1 Å². The molecular formula is C46H43N7O15S3. The minimum Gasteiger partial charge on any atom is -0.505 e. The Morgan fingerprint density at radius 2 is 1.07 bits per heavy atom. The van der Waals surface area contributed by atoms with Gasteiger partial charge in [0.1, 0.15) is 62.1 Å². The predicted octanol–water partition coefficient (Wildman–Crippen LogP) is 11.3. The maximum atomic E-state index is 12.6. The molecule has 0 spiro atoms. The highest BCUT2D eigenvalue weighted by molar-refractivity contribution is 7.86. The van der Waals surface area contributed by atoms with Crippen LogP contribution in [0, 0.1) is 0 Å². The van der Waals surface area contributed by atoms with Crippen molar-refractivity contribution < 1.29 is 67.7 Å². The predicted molar refractivity (Wildman–Crippen MR) is 262 cm³/mol. The van der Waals surface area contributed by atoms with Gasteiger partial charge in [0.25, 0.3) is 30.4 Å². The zero-order chi connectivity index (χ0) is 51.1. The molecule has 0 heterocycles. The number of nitrogens with one attached hydrogen (secondary N) is 1. The van der Waals surface area contributed by atoms with Crippen molar-refractivity contribution in [3.8, 4) is 34.5 Å². The van der Waals surface area contributed by atoms with Crippen LogP contribution in [-0.2, 0) is 30.4 Å². The molecule has 370 valence electrons. The van der Waals surface area contributed by atoms with Gasteiger partial charge in [-0.25, -0.2) is 0 Å². The highest BCUT2D eigenvalue weighted by Crippen LogP contribution is 2.46. The Balaban J connectivity index is 1.15. The van der Waals surface area contributed by atoms with Crippen LogP contribution in [0.3, 0.4) is 0 Å². The minimum atomic E-state index is -4.93. The molecule has 0 aromatic heterocycles. The molecule has 0 amide bonds. The number of unbranched alkanes of at least 4 members (excludes halogenated alkanes) is 1. The van der Waals surface area contributed by atoms with E-state index < -0.39 is 57.3 Å². The van der Waals surface area contributed by atoms with Crippen molar-refractivity contribution in [2.24, 2.45) is 30.7 Å². The van der Waals surface area contributed by atoms with E-state index in [2.05, 4.69) is 36.0 Å². The van der Waals surface area contributed by atoms with Gasteiger partial charge in [0, 0.05) is 52.5 Å². The third kappa shape index (κ3) is 12.5. The lowest BCUT2D eigenvalue weighted by Gasteiger charge is -2.12. The van der Waals surface area contributed by atoms with Gasteiger partial charge >= 0.3 is 0 Å². The molecule has 0 saturated heterocycles. The first-order valence-electron chi connectivity index (χ1n) is 20.8. The molecule has 0 unspecified atom stereocenters. The Labute approximate surface area is 406 Å². The normalized spacial score (nSPS) is 12.3. The van der Waals surface area contributed by atoms with E-state index in [1.807, 2.05) is 30.3 Å². The number of rotatable bonds is 20. The number of benzene rings is 7. The van der Waals surface area contributed by atoms with Gasteiger partial charge in [-0.2, -0.15) is 30.4 Å². The summed E-state index contributed by atoms with van der Waals surface area (Å²) in [5.74, 6) is -0.399. The molecule has 0 fully saturated rings. The third-order valence-corrected chi connectivity index (χ3v) is 12.9. The number of para-hydroxylation sites is 1. The monoisotopic (exact) mass is 1030 g/mol. The number of nitrogens with zero attached hydrogens (tertiary/aromatic N) is 6. The summed E-state index contributed by atoms with van der Waals surface area (Å²) >= 11 is 0. The summed E-state index contributed by atoms with van der Waals surface area (Å²) in [5.41, 5.74) is 1.66. The van der Waals surface area contributed by atoms with Crippen molar-refractivity contribution in [1.29, 1.82) is 0 Å². The molecule has 0 saturated carbocycles. The van der Waals surface area contributed by atoms with E-state index in [0.717, 1.165) is 11.8 Å². The Bertz CT molecular complexity index is 3600. The SMILES string of the molecule is COc1cc(N=Nc2cc(OC)c(N=Nc3c(S(=O)(=O)O)cc4cc(Nc5ccccc5)ccc4c3O)cc2OC)c(OC)cc1N=Nc1ccc2cc(S(=O)(=O)O)cc(OCCCCS(=O)(=O)O)c2c1. The average molecular weight is 1030 g/mol. The highest BCUT2D eigenvalue weighted by Gasteiger charge is 2.23. The zero-order valence-electron chi connectivity index (χ0n) is 37.9. The summed E-state index contributed by atoms with van der Waals surface area (Å²) < 4.78 is 129. The van der Waals surface area contributed by atoms with Crippen LogP contribution in [0.2, 0.25) is 0 Å². The van der Waals surface area contributed by atoms with E-state index >= 15 is 0 Å². The second-order valence-corrected chi connectivity index (χ2v) is 19.5. The van der Waals surface area contributed by atoms with Gasteiger partial charge in [-0.05, 0) is 78.2 Å². The van der Waals surface area contributed by atoms with E-state index in [1.54, 1.807) is 36.4 Å². The molecule has 0 aliphatic heterocycles. The molecule has 0 aliphatic rings. The summed E-state index contributed by atoms with van der Waals surface area (Å²) in [6.07, 6.45) is 0.281. The topological polar surface area (TPSA) is 316 Å². The summed E-state index contributed by atoms with van der Waals surface area (Å²) in [6.45, 7) is -0.0404. The molecule has 0 radical (unpaired) electrons. The van der Waals surface area contributed by atoms with Crippen molar-refractivity contribution in [2.75, 3.05) is 46.1 Å². The number of fused-ring (bicyclic) bond motifs is 2. The lowest BCUT2D eigenvalue weighted by Crippen LogP contribution is -2.06. The Morgan fingerprint density at radius 3 is 1.61 bits per heavy atom. The van der Waals surface area contributed by atoms with E-state index in [-0.39, 0.29) is 81.7 Å².